The minimum atomic E-state index is 0.262. The Morgan fingerprint density at radius 1 is 1.08 bits per heavy atom. The molecule has 0 spiro atoms. The van der Waals surface area contributed by atoms with Crippen molar-refractivity contribution < 1.29 is 4.74 Å². The molecule has 0 amide bonds. The first-order valence-electron chi connectivity index (χ1n) is 9.07. The summed E-state index contributed by atoms with van der Waals surface area (Å²) in [5, 5.41) is 3.69. The first-order valence-corrected chi connectivity index (χ1v) is 9.07. The molecule has 24 heavy (non-hydrogen) atoms. The van der Waals surface area contributed by atoms with Crippen molar-refractivity contribution in [3.05, 3.63) is 70.8 Å². The van der Waals surface area contributed by atoms with Gasteiger partial charge in [0, 0.05) is 12.6 Å². The van der Waals surface area contributed by atoms with Gasteiger partial charge in [0.15, 0.2) is 0 Å². The number of allylic oxidation sites excluding steroid dienone is 1. The van der Waals surface area contributed by atoms with Gasteiger partial charge in [-0.15, -0.1) is 0 Å². The van der Waals surface area contributed by atoms with E-state index in [9.17, 15) is 0 Å². The number of rotatable bonds is 4. The number of benzene rings is 2. The number of hydrogen-bond acceptors (Lipinski definition) is 2. The van der Waals surface area contributed by atoms with E-state index in [-0.39, 0.29) is 6.10 Å². The van der Waals surface area contributed by atoms with E-state index in [4.69, 9.17) is 4.74 Å². The molecular weight excluding hydrogens is 294 g/mol. The van der Waals surface area contributed by atoms with Crippen LogP contribution in [-0.2, 0) is 12.8 Å². The lowest BCUT2D eigenvalue weighted by Crippen LogP contribution is -2.35. The zero-order chi connectivity index (χ0) is 16.4. The van der Waals surface area contributed by atoms with Gasteiger partial charge in [-0.3, -0.25) is 0 Å². The number of fused-ring (bicyclic) bond motifs is 2. The van der Waals surface area contributed by atoms with Gasteiger partial charge in [0.25, 0.3) is 0 Å². The van der Waals surface area contributed by atoms with Crippen molar-refractivity contribution in [2.45, 2.75) is 44.8 Å². The van der Waals surface area contributed by atoms with Crippen molar-refractivity contribution in [1.29, 1.82) is 0 Å². The van der Waals surface area contributed by atoms with Crippen molar-refractivity contribution in [2.75, 3.05) is 6.54 Å². The molecule has 124 valence electrons. The largest absolute Gasteiger partial charge is 0.489 e. The minimum absolute atomic E-state index is 0.262. The minimum Gasteiger partial charge on any atom is -0.489 e. The van der Waals surface area contributed by atoms with E-state index in [1.54, 1.807) is 0 Å². The Labute approximate surface area is 144 Å². The van der Waals surface area contributed by atoms with Crippen LogP contribution in [0.1, 0.15) is 48.1 Å². The predicted molar refractivity (Wildman–Crippen MR) is 99.4 cm³/mol. The Morgan fingerprint density at radius 2 is 1.96 bits per heavy atom. The molecule has 2 aliphatic rings. The second-order valence-electron chi connectivity index (χ2n) is 6.88. The molecule has 2 atom stereocenters. The molecule has 1 aliphatic carbocycles. The van der Waals surface area contributed by atoms with E-state index in [2.05, 4.69) is 66.9 Å². The molecule has 2 aromatic carbocycles. The van der Waals surface area contributed by atoms with Crippen LogP contribution in [0.3, 0.4) is 0 Å². The van der Waals surface area contributed by atoms with E-state index in [1.807, 2.05) is 0 Å². The number of aryl methyl sites for hydroxylation is 2. The van der Waals surface area contributed by atoms with E-state index >= 15 is 0 Å². The van der Waals surface area contributed by atoms with Gasteiger partial charge >= 0.3 is 0 Å². The van der Waals surface area contributed by atoms with Gasteiger partial charge in [0.2, 0.25) is 0 Å². The van der Waals surface area contributed by atoms with Crippen molar-refractivity contribution in [2.24, 2.45) is 0 Å². The molecule has 0 bridgehead atoms. The van der Waals surface area contributed by atoms with E-state index < -0.39 is 0 Å². The van der Waals surface area contributed by atoms with Crippen molar-refractivity contribution in [1.82, 2.24) is 5.32 Å². The summed E-state index contributed by atoms with van der Waals surface area (Å²) in [6, 6.07) is 15.4. The third kappa shape index (κ3) is 3.11. The SMILES string of the molecule is C[C@@H](NCC1CCc2ccccc2O1)c1cccc2c1C=CCC2. The fraction of sp³-hybridized carbons (Fsp3) is 0.364. The summed E-state index contributed by atoms with van der Waals surface area (Å²) >= 11 is 0. The molecule has 0 fully saturated rings. The highest BCUT2D eigenvalue weighted by molar-refractivity contribution is 5.61. The molecular formula is C22H25NO. The van der Waals surface area contributed by atoms with E-state index in [1.165, 1.54) is 22.3 Å². The van der Waals surface area contributed by atoms with Crippen LogP contribution >= 0.6 is 0 Å². The van der Waals surface area contributed by atoms with Crippen LogP contribution in [0.5, 0.6) is 5.75 Å². The first-order chi connectivity index (χ1) is 11.8. The molecule has 4 rings (SSSR count). The average molecular weight is 319 g/mol. The fourth-order valence-electron chi connectivity index (χ4n) is 3.81. The summed E-state index contributed by atoms with van der Waals surface area (Å²) in [5.41, 5.74) is 5.63. The van der Waals surface area contributed by atoms with Crippen LogP contribution in [-0.4, -0.2) is 12.6 Å². The molecule has 2 aromatic rings. The number of hydrogen-bond donors (Lipinski definition) is 1. The van der Waals surface area contributed by atoms with Gasteiger partial charge in [-0.1, -0.05) is 48.6 Å². The van der Waals surface area contributed by atoms with Crippen molar-refractivity contribution in [3.63, 3.8) is 0 Å². The predicted octanol–water partition coefficient (Wildman–Crippen LogP) is 4.69. The summed E-state index contributed by atoms with van der Waals surface area (Å²) < 4.78 is 6.15. The van der Waals surface area contributed by atoms with Crippen molar-refractivity contribution in [3.8, 4) is 5.75 Å². The number of nitrogens with one attached hydrogen (secondary N) is 1. The van der Waals surface area contributed by atoms with Crippen LogP contribution in [0.2, 0.25) is 0 Å². The van der Waals surface area contributed by atoms with E-state index in [0.717, 1.165) is 38.0 Å². The van der Waals surface area contributed by atoms with Crippen LogP contribution in [0.25, 0.3) is 6.08 Å². The fourth-order valence-corrected chi connectivity index (χ4v) is 3.81. The van der Waals surface area contributed by atoms with Crippen molar-refractivity contribution >= 4 is 6.08 Å². The van der Waals surface area contributed by atoms with Gasteiger partial charge in [-0.05, 0) is 60.9 Å². The molecule has 1 N–H and O–H groups in total. The second-order valence-corrected chi connectivity index (χ2v) is 6.88. The summed E-state index contributed by atoms with van der Waals surface area (Å²) in [7, 11) is 0. The molecule has 0 radical (unpaired) electrons. The molecule has 0 saturated carbocycles. The lowest BCUT2D eigenvalue weighted by molar-refractivity contribution is 0.167. The molecule has 1 unspecified atom stereocenters. The third-order valence-electron chi connectivity index (χ3n) is 5.22. The van der Waals surface area contributed by atoms with Crippen LogP contribution in [0.4, 0.5) is 0 Å². The molecule has 0 aromatic heterocycles. The zero-order valence-electron chi connectivity index (χ0n) is 14.3. The highest BCUT2D eigenvalue weighted by atomic mass is 16.5. The zero-order valence-corrected chi connectivity index (χ0v) is 14.3. The Hall–Kier alpha value is -2.06. The molecule has 1 heterocycles. The Morgan fingerprint density at radius 3 is 2.92 bits per heavy atom. The monoisotopic (exact) mass is 319 g/mol. The maximum atomic E-state index is 6.15. The smallest absolute Gasteiger partial charge is 0.122 e. The van der Waals surface area contributed by atoms with Crippen LogP contribution < -0.4 is 10.1 Å². The Bertz CT molecular complexity index is 749. The average Bonchev–Trinajstić information content (AvgIpc) is 2.65. The van der Waals surface area contributed by atoms with Gasteiger partial charge < -0.3 is 10.1 Å². The molecule has 1 aliphatic heterocycles. The number of ether oxygens (including phenoxy) is 1. The molecule has 0 saturated heterocycles. The highest BCUT2D eigenvalue weighted by Gasteiger charge is 2.20. The molecule has 2 heteroatoms. The standard InChI is InChI=1S/C22H25NO/c1-16(20-11-6-9-17-7-2-4-10-21(17)20)23-15-19-14-13-18-8-3-5-12-22(18)24-19/h3-6,8-12,16,19,23H,2,7,13-15H2,1H3/t16-,19?/m1/s1. The maximum Gasteiger partial charge on any atom is 0.122 e. The number of para-hydroxylation sites is 1. The topological polar surface area (TPSA) is 21.3 Å². The van der Waals surface area contributed by atoms with Gasteiger partial charge in [-0.25, -0.2) is 0 Å². The third-order valence-corrected chi connectivity index (χ3v) is 5.22. The summed E-state index contributed by atoms with van der Waals surface area (Å²) in [5.74, 6) is 1.06. The van der Waals surface area contributed by atoms with Gasteiger partial charge in [-0.2, -0.15) is 0 Å². The van der Waals surface area contributed by atoms with E-state index in [0.29, 0.717) is 6.04 Å². The maximum absolute atomic E-state index is 6.15. The highest BCUT2D eigenvalue weighted by Crippen LogP contribution is 2.29. The lowest BCUT2D eigenvalue weighted by Gasteiger charge is -2.28. The van der Waals surface area contributed by atoms with Crippen LogP contribution in [0.15, 0.2) is 48.5 Å². The normalized spacial score (nSPS) is 20.0. The lowest BCUT2D eigenvalue weighted by atomic mass is 9.90. The summed E-state index contributed by atoms with van der Waals surface area (Å²) in [4.78, 5) is 0. The summed E-state index contributed by atoms with van der Waals surface area (Å²) in [6.07, 6.45) is 9.36. The quantitative estimate of drug-likeness (QED) is 0.882. The second kappa shape index (κ2) is 6.82. The first kappa shape index (κ1) is 15.5. The van der Waals surface area contributed by atoms with Gasteiger partial charge in [0.05, 0.1) is 0 Å². The Kier molecular flexibility index (Phi) is 4.40. The summed E-state index contributed by atoms with van der Waals surface area (Å²) in [6.45, 7) is 3.15. The van der Waals surface area contributed by atoms with Crippen LogP contribution in [0, 0.1) is 0 Å². The Balaban J connectivity index is 1.41. The molecule has 2 nitrogen and oxygen atoms in total. The van der Waals surface area contributed by atoms with Gasteiger partial charge in [0.1, 0.15) is 11.9 Å².